The van der Waals surface area contributed by atoms with Crippen molar-refractivity contribution < 1.29 is 9.90 Å². The molecule has 0 aromatic heterocycles. The molecule has 70 valence electrons. The molecule has 0 bridgehead atoms. The molecule has 0 aliphatic carbocycles. The zero-order valence-electron chi connectivity index (χ0n) is 7.95. The summed E-state index contributed by atoms with van der Waals surface area (Å²) in [4.78, 5) is 10.6. The summed E-state index contributed by atoms with van der Waals surface area (Å²) in [6, 6.07) is 5.73. The fourth-order valence-corrected chi connectivity index (χ4v) is 1.44. The third-order valence-electron chi connectivity index (χ3n) is 2.30. The van der Waals surface area contributed by atoms with E-state index in [2.05, 4.69) is 0 Å². The Kier molecular flexibility index (Phi) is 3.20. The fraction of sp³-hybridized carbons (Fsp3) is 0.364. The summed E-state index contributed by atoms with van der Waals surface area (Å²) in [6.45, 7) is 3.77. The van der Waals surface area contributed by atoms with E-state index in [-0.39, 0.29) is 12.5 Å². The van der Waals surface area contributed by atoms with Gasteiger partial charge in [-0.15, -0.1) is 0 Å². The van der Waals surface area contributed by atoms with Gasteiger partial charge in [0, 0.05) is 5.92 Å². The summed E-state index contributed by atoms with van der Waals surface area (Å²) in [5, 5.41) is 9.13. The number of aliphatic hydroxyl groups excluding tert-OH is 1. The van der Waals surface area contributed by atoms with Crippen molar-refractivity contribution in [1.82, 2.24) is 0 Å². The van der Waals surface area contributed by atoms with E-state index in [0.717, 1.165) is 23.0 Å². The Morgan fingerprint density at radius 1 is 1.54 bits per heavy atom. The topological polar surface area (TPSA) is 37.3 Å². The first-order valence-electron chi connectivity index (χ1n) is 4.35. The quantitative estimate of drug-likeness (QED) is 0.716. The summed E-state index contributed by atoms with van der Waals surface area (Å²) in [5.74, 6) is -0.137. The van der Waals surface area contributed by atoms with Crippen LogP contribution in [0.15, 0.2) is 18.2 Å². The van der Waals surface area contributed by atoms with Gasteiger partial charge in [-0.25, -0.2) is 0 Å². The zero-order valence-corrected chi connectivity index (χ0v) is 7.95. The Morgan fingerprint density at radius 2 is 2.23 bits per heavy atom. The van der Waals surface area contributed by atoms with E-state index < -0.39 is 0 Å². The standard InChI is InChI=1S/C11H14O2/c1-8-4-3-5-10(9(2)6-12)11(8)7-13/h3-6,9,13H,7H2,1-2H3. The predicted octanol–water partition coefficient (Wildman–Crippen LogP) is 1.79. The van der Waals surface area contributed by atoms with Gasteiger partial charge in [0.2, 0.25) is 0 Å². The number of aryl methyl sites for hydroxylation is 1. The molecule has 1 unspecified atom stereocenters. The van der Waals surface area contributed by atoms with Gasteiger partial charge >= 0.3 is 0 Å². The van der Waals surface area contributed by atoms with Crippen molar-refractivity contribution in [2.45, 2.75) is 26.4 Å². The number of hydrogen-bond donors (Lipinski definition) is 1. The summed E-state index contributed by atoms with van der Waals surface area (Å²) >= 11 is 0. The van der Waals surface area contributed by atoms with Gasteiger partial charge < -0.3 is 9.90 Å². The molecule has 0 fully saturated rings. The van der Waals surface area contributed by atoms with Crippen LogP contribution < -0.4 is 0 Å². The molecular formula is C11H14O2. The molecule has 1 aromatic carbocycles. The maximum Gasteiger partial charge on any atom is 0.127 e. The SMILES string of the molecule is Cc1cccc(C(C)C=O)c1CO. The number of carbonyl (C=O) groups is 1. The molecule has 2 nitrogen and oxygen atoms in total. The third kappa shape index (κ3) is 1.95. The monoisotopic (exact) mass is 178 g/mol. The lowest BCUT2D eigenvalue weighted by atomic mass is 9.94. The van der Waals surface area contributed by atoms with Crippen molar-refractivity contribution in [1.29, 1.82) is 0 Å². The van der Waals surface area contributed by atoms with E-state index in [1.807, 2.05) is 32.0 Å². The van der Waals surface area contributed by atoms with Crippen LogP contribution in [0.25, 0.3) is 0 Å². The molecule has 2 heteroatoms. The molecule has 0 spiro atoms. The van der Waals surface area contributed by atoms with E-state index in [1.165, 1.54) is 0 Å². The van der Waals surface area contributed by atoms with Gasteiger partial charge in [0.25, 0.3) is 0 Å². The second kappa shape index (κ2) is 4.19. The Hall–Kier alpha value is -1.15. The van der Waals surface area contributed by atoms with Gasteiger partial charge in [0.05, 0.1) is 6.61 Å². The molecule has 0 saturated carbocycles. The summed E-state index contributed by atoms with van der Waals surface area (Å²) in [6.07, 6.45) is 0.897. The van der Waals surface area contributed by atoms with Crippen molar-refractivity contribution in [3.8, 4) is 0 Å². The normalized spacial score (nSPS) is 12.5. The van der Waals surface area contributed by atoms with Gasteiger partial charge in [-0.3, -0.25) is 0 Å². The molecule has 0 saturated heterocycles. The lowest BCUT2D eigenvalue weighted by Crippen LogP contribution is -2.02. The Labute approximate surface area is 78.2 Å². The maximum atomic E-state index is 10.6. The second-order valence-corrected chi connectivity index (χ2v) is 3.23. The van der Waals surface area contributed by atoms with Gasteiger partial charge in [-0.05, 0) is 23.6 Å². The minimum atomic E-state index is -0.137. The Morgan fingerprint density at radius 3 is 2.77 bits per heavy atom. The van der Waals surface area contributed by atoms with E-state index in [9.17, 15) is 4.79 Å². The molecule has 0 aliphatic rings. The highest BCUT2D eigenvalue weighted by molar-refractivity contribution is 5.63. The Bertz CT molecular complexity index is 305. The smallest absolute Gasteiger partial charge is 0.127 e. The van der Waals surface area contributed by atoms with Crippen molar-refractivity contribution in [3.05, 3.63) is 34.9 Å². The second-order valence-electron chi connectivity index (χ2n) is 3.23. The first kappa shape index (κ1) is 9.93. The van der Waals surface area contributed by atoms with Crippen LogP contribution in [-0.4, -0.2) is 11.4 Å². The number of hydrogen-bond acceptors (Lipinski definition) is 2. The number of rotatable bonds is 3. The van der Waals surface area contributed by atoms with Crippen LogP contribution in [0.4, 0.5) is 0 Å². The van der Waals surface area contributed by atoms with E-state index in [1.54, 1.807) is 0 Å². The van der Waals surface area contributed by atoms with Gasteiger partial charge in [0.1, 0.15) is 6.29 Å². The van der Waals surface area contributed by atoms with Crippen LogP contribution in [0.2, 0.25) is 0 Å². The highest BCUT2D eigenvalue weighted by atomic mass is 16.3. The minimum absolute atomic E-state index is 0.000185. The average Bonchev–Trinajstić information content (AvgIpc) is 2.16. The molecule has 0 aliphatic heterocycles. The lowest BCUT2D eigenvalue weighted by molar-refractivity contribution is -0.108. The van der Waals surface area contributed by atoms with Gasteiger partial charge in [0.15, 0.2) is 0 Å². The summed E-state index contributed by atoms with van der Waals surface area (Å²) < 4.78 is 0. The van der Waals surface area contributed by atoms with Crippen molar-refractivity contribution in [3.63, 3.8) is 0 Å². The van der Waals surface area contributed by atoms with Gasteiger partial charge in [-0.2, -0.15) is 0 Å². The summed E-state index contributed by atoms with van der Waals surface area (Å²) in [5.41, 5.74) is 2.84. The van der Waals surface area contributed by atoms with E-state index in [0.29, 0.717) is 0 Å². The summed E-state index contributed by atoms with van der Waals surface area (Å²) in [7, 11) is 0. The number of carbonyl (C=O) groups excluding carboxylic acids is 1. The molecule has 0 radical (unpaired) electrons. The number of aldehydes is 1. The lowest BCUT2D eigenvalue weighted by Gasteiger charge is -2.12. The Balaban J connectivity index is 3.19. The van der Waals surface area contributed by atoms with Crippen LogP contribution in [0.3, 0.4) is 0 Å². The fourth-order valence-electron chi connectivity index (χ4n) is 1.44. The largest absolute Gasteiger partial charge is 0.392 e. The van der Waals surface area contributed by atoms with Gasteiger partial charge in [-0.1, -0.05) is 25.1 Å². The van der Waals surface area contributed by atoms with Crippen LogP contribution in [-0.2, 0) is 11.4 Å². The highest BCUT2D eigenvalue weighted by Gasteiger charge is 2.10. The van der Waals surface area contributed by atoms with Crippen molar-refractivity contribution in [2.75, 3.05) is 0 Å². The van der Waals surface area contributed by atoms with Crippen LogP contribution >= 0.6 is 0 Å². The van der Waals surface area contributed by atoms with E-state index >= 15 is 0 Å². The van der Waals surface area contributed by atoms with Crippen molar-refractivity contribution >= 4 is 6.29 Å². The molecule has 1 N–H and O–H groups in total. The first-order valence-corrected chi connectivity index (χ1v) is 4.35. The van der Waals surface area contributed by atoms with E-state index in [4.69, 9.17) is 5.11 Å². The molecule has 0 heterocycles. The molecule has 1 rings (SSSR count). The highest BCUT2D eigenvalue weighted by Crippen LogP contribution is 2.21. The molecule has 1 atom stereocenters. The average molecular weight is 178 g/mol. The third-order valence-corrected chi connectivity index (χ3v) is 2.30. The molecule has 1 aromatic rings. The molecular weight excluding hydrogens is 164 g/mol. The maximum absolute atomic E-state index is 10.6. The molecule has 0 amide bonds. The minimum Gasteiger partial charge on any atom is -0.392 e. The molecule has 13 heavy (non-hydrogen) atoms. The van der Waals surface area contributed by atoms with Crippen LogP contribution in [0.1, 0.15) is 29.5 Å². The number of aliphatic hydroxyl groups is 1. The predicted molar refractivity (Wildman–Crippen MR) is 51.6 cm³/mol. The first-order chi connectivity index (χ1) is 6.20. The zero-order chi connectivity index (χ0) is 9.84. The van der Waals surface area contributed by atoms with Crippen LogP contribution in [0, 0.1) is 6.92 Å². The van der Waals surface area contributed by atoms with Crippen LogP contribution in [0.5, 0.6) is 0 Å². The van der Waals surface area contributed by atoms with Crippen molar-refractivity contribution in [2.24, 2.45) is 0 Å². The number of benzene rings is 1.